The molecule has 0 saturated heterocycles. The maximum atomic E-state index is 10.3. The molecule has 0 fully saturated rings. The van der Waals surface area contributed by atoms with Gasteiger partial charge in [-0.15, -0.1) is 0 Å². The van der Waals surface area contributed by atoms with Crippen LogP contribution < -0.4 is 0 Å². The molecule has 128 valence electrons. The number of halogens is 2. The number of alkyl halides is 1. The van der Waals surface area contributed by atoms with Crippen molar-refractivity contribution in [3.05, 3.63) is 64.5 Å². The van der Waals surface area contributed by atoms with E-state index in [1.807, 2.05) is 26.0 Å². The third-order valence-electron chi connectivity index (χ3n) is 2.74. The number of rotatable bonds is 5. The molecule has 0 amide bonds. The van der Waals surface area contributed by atoms with Crippen LogP contribution in [-0.4, -0.2) is 17.3 Å². The Morgan fingerprint density at radius 2 is 1.91 bits per heavy atom. The Bertz CT molecular complexity index is 587. The van der Waals surface area contributed by atoms with Crippen molar-refractivity contribution in [3.8, 4) is 0 Å². The van der Waals surface area contributed by atoms with Crippen molar-refractivity contribution in [2.45, 2.75) is 34.3 Å². The molecule has 0 aliphatic heterocycles. The summed E-state index contributed by atoms with van der Waals surface area (Å²) in [6.07, 6.45) is 6.27. The number of aromatic nitrogens is 1. The van der Waals surface area contributed by atoms with Crippen LogP contribution in [-0.2, 0) is 0 Å². The van der Waals surface area contributed by atoms with E-state index >= 15 is 0 Å². The number of nitrogens with zero attached hydrogens (tertiary/aromatic N) is 1. The van der Waals surface area contributed by atoms with E-state index in [2.05, 4.69) is 18.1 Å². The van der Waals surface area contributed by atoms with Gasteiger partial charge in [0.15, 0.2) is 0 Å². The van der Waals surface area contributed by atoms with Crippen molar-refractivity contribution < 1.29 is 9.50 Å². The standard InChI is InChI=1S/C17H20ClNO.CH3F.CH4/c1-6-16-14(8-13(5)18)9-15(10-19-16)17(20)12(4)7-11(2)3;1-2;/h6-10,17,20H,1-2H2,3-5H3;1H3;1H4/b12-7+,13-8+;;. The van der Waals surface area contributed by atoms with E-state index in [0.29, 0.717) is 12.2 Å². The molecule has 1 aromatic heterocycles. The second kappa shape index (κ2) is 11.8. The van der Waals surface area contributed by atoms with Crippen LogP contribution in [0.2, 0.25) is 0 Å². The van der Waals surface area contributed by atoms with Gasteiger partial charge in [-0.3, -0.25) is 9.37 Å². The summed E-state index contributed by atoms with van der Waals surface area (Å²) in [5, 5.41) is 11.0. The first-order chi connectivity index (χ1) is 10.3. The van der Waals surface area contributed by atoms with Gasteiger partial charge in [-0.05, 0) is 44.6 Å². The molecule has 1 heterocycles. The van der Waals surface area contributed by atoms with Gasteiger partial charge >= 0.3 is 0 Å². The number of aliphatic hydroxyl groups excluding tert-OH is 1. The highest BCUT2D eigenvalue weighted by molar-refractivity contribution is 6.31. The SMILES string of the molecule is C.C=Cc1ncc(C(O)/C(C)=C/C(=C)C)cc1/C=C(\C)Cl.CF. The minimum absolute atomic E-state index is 0. The summed E-state index contributed by atoms with van der Waals surface area (Å²) in [5.41, 5.74) is 4.02. The van der Waals surface area contributed by atoms with Gasteiger partial charge in [0.05, 0.1) is 12.9 Å². The highest BCUT2D eigenvalue weighted by atomic mass is 35.5. The van der Waals surface area contributed by atoms with Crippen molar-refractivity contribution in [2.24, 2.45) is 0 Å². The second-order valence-corrected chi connectivity index (χ2v) is 5.41. The quantitative estimate of drug-likeness (QED) is 0.657. The molecule has 1 rings (SSSR count). The van der Waals surface area contributed by atoms with Gasteiger partial charge in [0.2, 0.25) is 0 Å². The molecule has 1 N–H and O–H groups in total. The first-order valence-electron chi connectivity index (χ1n) is 6.71. The van der Waals surface area contributed by atoms with E-state index in [0.717, 1.165) is 28.0 Å². The van der Waals surface area contributed by atoms with E-state index in [9.17, 15) is 9.50 Å². The lowest BCUT2D eigenvalue weighted by Crippen LogP contribution is -2.02. The molecule has 1 aromatic rings. The van der Waals surface area contributed by atoms with Gasteiger partial charge in [0, 0.05) is 22.4 Å². The molecule has 1 unspecified atom stereocenters. The number of hydrogen-bond donors (Lipinski definition) is 1. The summed E-state index contributed by atoms with van der Waals surface area (Å²) in [5.74, 6) is 0. The van der Waals surface area contributed by atoms with Crippen molar-refractivity contribution >= 4 is 23.8 Å². The molecule has 4 heteroatoms. The molecule has 1 atom stereocenters. The molecule has 0 aliphatic rings. The highest BCUT2D eigenvalue weighted by Crippen LogP contribution is 2.25. The van der Waals surface area contributed by atoms with Crippen molar-refractivity contribution in [2.75, 3.05) is 7.18 Å². The molecule has 0 aliphatic carbocycles. The monoisotopic (exact) mass is 339 g/mol. The minimum Gasteiger partial charge on any atom is -0.384 e. The number of allylic oxidation sites excluding steroid dienone is 3. The maximum absolute atomic E-state index is 10.3. The van der Waals surface area contributed by atoms with E-state index in [-0.39, 0.29) is 7.43 Å². The first-order valence-corrected chi connectivity index (χ1v) is 7.08. The van der Waals surface area contributed by atoms with Crippen LogP contribution in [0.5, 0.6) is 0 Å². The smallest absolute Gasteiger partial charge is 0.102 e. The topological polar surface area (TPSA) is 33.1 Å². The summed E-state index contributed by atoms with van der Waals surface area (Å²) in [4.78, 5) is 4.30. The van der Waals surface area contributed by atoms with Gasteiger partial charge in [0.1, 0.15) is 6.10 Å². The molecule has 23 heavy (non-hydrogen) atoms. The van der Waals surface area contributed by atoms with E-state index in [4.69, 9.17) is 11.6 Å². The fourth-order valence-electron chi connectivity index (χ4n) is 1.89. The molecule has 2 nitrogen and oxygen atoms in total. The summed E-state index contributed by atoms with van der Waals surface area (Å²) in [6, 6.07) is 1.87. The Kier molecular flexibility index (Phi) is 12.1. The molecule has 0 saturated carbocycles. The summed E-state index contributed by atoms with van der Waals surface area (Å²) in [6.45, 7) is 13.1. The molecular weight excluding hydrogens is 313 g/mol. The molecule has 0 aromatic carbocycles. The average molecular weight is 340 g/mol. The highest BCUT2D eigenvalue weighted by Gasteiger charge is 2.12. The van der Waals surface area contributed by atoms with Crippen molar-refractivity contribution in [3.63, 3.8) is 0 Å². The normalized spacial score (nSPS) is 12.5. The Morgan fingerprint density at radius 3 is 2.35 bits per heavy atom. The Labute approximate surface area is 144 Å². The predicted molar refractivity (Wildman–Crippen MR) is 101 cm³/mol. The number of hydrogen-bond acceptors (Lipinski definition) is 2. The zero-order chi connectivity index (χ0) is 17.3. The summed E-state index contributed by atoms with van der Waals surface area (Å²) < 4.78 is 9.50. The van der Waals surface area contributed by atoms with Crippen LogP contribution in [0.1, 0.15) is 51.1 Å². The molecule has 0 bridgehead atoms. The molecule has 0 radical (unpaired) electrons. The van der Waals surface area contributed by atoms with Crippen LogP contribution >= 0.6 is 11.6 Å². The zero-order valence-electron chi connectivity index (χ0n) is 13.5. The van der Waals surface area contributed by atoms with Crippen LogP contribution in [0.4, 0.5) is 4.39 Å². The van der Waals surface area contributed by atoms with Crippen molar-refractivity contribution in [1.29, 1.82) is 0 Å². The van der Waals surface area contributed by atoms with Gasteiger partial charge in [-0.25, -0.2) is 0 Å². The Hall–Kier alpha value is -1.71. The largest absolute Gasteiger partial charge is 0.384 e. The third-order valence-corrected chi connectivity index (χ3v) is 2.85. The van der Waals surface area contributed by atoms with Gasteiger partial charge in [0.25, 0.3) is 0 Å². The van der Waals surface area contributed by atoms with E-state index in [1.54, 1.807) is 25.3 Å². The van der Waals surface area contributed by atoms with E-state index in [1.165, 1.54) is 0 Å². The minimum atomic E-state index is -0.708. The van der Waals surface area contributed by atoms with Crippen LogP contribution in [0.25, 0.3) is 12.2 Å². The van der Waals surface area contributed by atoms with Gasteiger partial charge < -0.3 is 5.11 Å². The molecular formula is C19H27ClFNO. The van der Waals surface area contributed by atoms with Crippen LogP contribution in [0.15, 0.2) is 47.7 Å². The second-order valence-electron chi connectivity index (χ2n) is 4.82. The number of aliphatic hydroxyl groups is 1. The van der Waals surface area contributed by atoms with Crippen molar-refractivity contribution in [1.82, 2.24) is 4.98 Å². The fourth-order valence-corrected chi connectivity index (χ4v) is 2.01. The lowest BCUT2D eigenvalue weighted by atomic mass is 10.00. The maximum Gasteiger partial charge on any atom is 0.102 e. The zero-order valence-corrected chi connectivity index (χ0v) is 14.3. The predicted octanol–water partition coefficient (Wildman–Crippen LogP) is 6.10. The first kappa shape index (κ1) is 23.6. The Morgan fingerprint density at radius 1 is 1.35 bits per heavy atom. The third kappa shape index (κ3) is 7.91. The lowest BCUT2D eigenvalue weighted by Gasteiger charge is -2.13. The number of pyridine rings is 1. The summed E-state index contributed by atoms with van der Waals surface area (Å²) >= 11 is 5.92. The van der Waals surface area contributed by atoms with Gasteiger partial charge in [-0.2, -0.15) is 0 Å². The van der Waals surface area contributed by atoms with Crippen LogP contribution in [0.3, 0.4) is 0 Å². The Balaban J connectivity index is 0. The molecule has 0 spiro atoms. The van der Waals surface area contributed by atoms with E-state index < -0.39 is 6.10 Å². The van der Waals surface area contributed by atoms with Gasteiger partial charge in [-0.1, -0.05) is 43.8 Å². The fraction of sp³-hybridized carbons (Fsp3) is 0.316. The average Bonchev–Trinajstić information content (AvgIpc) is 2.47. The summed E-state index contributed by atoms with van der Waals surface area (Å²) in [7, 11) is 0.500. The van der Waals surface area contributed by atoms with Crippen LogP contribution in [0, 0.1) is 0 Å². The lowest BCUT2D eigenvalue weighted by molar-refractivity contribution is 0.215.